The number of hydrogen-bond donors (Lipinski definition) is 1. The van der Waals surface area contributed by atoms with E-state index in [-0.39, 0.29) is 5.41 Å². The van der Waals surface area contributed by atoms with Gasteiger partial charge in [0.1, 0.15) is 0 Å². The van der Waals surface area contributed by atoms with Gasteiger partial charge in [0.05, 0.1) is 5.69 Å². The number of aryl methyl sites for hydroxylation is 2. The van der Waals surface area contributed by atoms with Crippen molar-refractivity contribution in [3.8, 4) is 5.88 Å². The summed E-state index contributed by atoms with van der Waals surface area (Å²) in [4.78, 5) is 0. The molecule has 0 aliphatic heterocycles. The molecule has 0 aromatic carbocycles. The van der Waals surface area contributed by atoms with Crippen molar-refractivity contribution in [2.75, 3.05) is 0 Å². The van der Waals surface area contributed by atoms with Crippen molar-refractivity contribution in [1.82, 2.24) is 9.78 Å². The maximum absolute atomic E-state index is 9.85. The fourth-order valence-corrected chi connectivity index (χ4v) is 1.67. The molecular formula is C10H18N2O. The van der Waals surface area contributed by atoms with Gasteiger partial charge in [-0.05, 0) is 19.3 Å². The molecule has 0 spiro atoms. The minimum absolute atomic E-state index is 0.0401. The molecule has 1 heterocycles. The van der Waals surface area contributed by atoms with E-state index in [1.807, 2.05) is 13.8 Å². The van der Waals surface area contributed by atoms with Gasteiger partial charge in [0.15, 0.2) is 0 Å². The average Bonchev–Trinajstić information content (AvgIpc) is 2.24. The summed E-state index contributed by atoms with van der Waals surface area (Å²) < 4.78 is 1.63. The molecule has 0 unspecified atom stereocenters. The first-order valence-electron chi connectivity index (χ1n) is 4.64. The van der Waals surface area contributed by atoms with E-state index in [2.05, 4.69) is 25.9 Å². The Balaban J connectivity index is 3.29. The topological polar surface area (TPSA) is 38.0 Å². The lowest BCUT2D eigenvalue weighted by molar-refractivity contribution is 0.389. The van der Waals surface area contributed by atoms with Gasteiger partial charge in [-0.3, -0.25) is 0 Å². The van der Waals surface area contributed by atoms with E-state index >= 15 is 0 Å². The standard InChI is InChI=1S/C10H18N2O/c1-6-12-9(13)8(7(2)11-12)10(3,4)5/h13H,6H2,1-5H3. The van der Waals surface area contributed by atoms with E-state index in [0.717, 1.165) is 11.3 Å². The quantitative estimate of drug-likeness (QED) is 0.723. The molecule has 3 heteroatoms. The van der Waals surface area contributed by atoms with Crippen LogP contribution in [0.2, 0.25) is 0 Å². The van der Waals surface area contributed by atoms with Gasteiger partial charge in [0, 0.05) is 12.1 Å². The molecule has 13 heavy (non-hydrogen) atoms. The lowest BCUT2D eigenvalue weighted by Gasteiger charge is -2.17. The zero-order valence-electron chi connectivity index (χ0n) is 9.05. The van der Waals surface area contributed by atoms with Crippen molar-refractivity contribution < 1.29 is 5.11 Å². The van der Waals surface area contributed by atoms with E-state index in [9.17, 15) is 5.11 Å². The van der Waals surface area contributed by atoms with Crippen molar-refractivity contribution >= 4 is 0 Å². The van der Waals surface area contributed by atoms with E-state index in [0.29, 0.717) is 12.4 Å². The van der Waals surface area contributed by atoms with E-state index in [1.54, 1.807) is 4.68 Å². The molecule has 0 bridgehead atoms. The molecule has 0 atom stereocenters. The first-order valence-corrected chi connectivity index (χ1v) is 4.64. The lowest BCUT2D eigenvalue weighted by Crippen LogP contribution is -2.12. The summed E-state index contributed by atoms with van der Waals surface area (Å²) in [6.45, 7) is 10.9. The fraction of sp³-hybridized carbons (Fsp3) is 0.700. The zero-order valence-corrected chi connectivity index (χ0v) is 9.05. The van der Waals surface area contributed by atoms with Crippen molar-refractivity contribution in [2.24, 2.45) is 0 Å². The van der Waals surface area contributed by atoms with Crippen molar-refractivity contribution in [3.05, 3.63) is 11.3 Å². The summed E-state index contributed by atoms with van der Waals surface area (Å²) in [5.41, 5.74) is 1.84. The number of rotatable bonds is 1. The van der Waals surface area contributed by atoms with Crippen LogP contribution in [0, 0.1) is 6.92 Å². The SMILES string of the molecule is CCn1nc(C)c(C(C)(C)C)c1O. The molecule has 0 saturated carbocycles. The van der Waals surface area contributed by atoms with Crippen LogP contribution in [0.3, 0.4) is 0 Å². The Kier molecular flexibility index (Phi) is 2.37. The molecule has 0 fully saturated rings. The monoisotopic (exact) mass is 182 g/mol. The summed E-state index contributed by atoms with van der Waals surface area (Å²) >= 11 is 0. The lowest BCUT2D eigenvalue weighted by atomic mass is 9.87. The van der Waals surface area contributed by atoms with Gasteiger partial charge in [-0.1, -0.05) is 20.8 Å². The minimum atomic E-state index is -0.0401. The smallest absolute Gasteiger partial charge is 0.213 e. The molecule has 0 amide bonds. The first-order chi connectivity index (χ1) is 5.88. The maximum Gasteiger partial charge on any atom is 0.213 e. The van der Waals surface area contributed by atoms with Crippen LogP contribution in [0.1, 0.15) is 39.0 Å². The second-order valence-electron chi connectivity index (χ2n) is 4.35. The van der Waals surface area contributed by atoms with Crippen LogP contribution in [0.15, 0.2) is 0 Å². The molecule has 74 valence electrons. The molecule has 1 aromatic heterocycles. The first kappa shape index (κ1) is 10.1. The van der Waals surface area contributed by atoms with E-state index in [4.69, 9.17) is 0 Å². The van der Waals surface area contributed by atoms with Gasteiger partial charge in [0.25, 0.3) is 0 Å². The highest BCUT2D eigenvalue weighted by molar-refractivity contribution is 5.36. The Morgan fingerprint density at radius 3 is 2.15 bits per heavy atom. The predicted molar refractivity (Wildman–Crippen MR) is 53.0 cm³/mol. The molecule has 1 N–H and O–H groups in total. The highest BCUT2D eigenvalue weighted by Crippen LogP contribution is 2.32. The van der Waals surface area contributed by atoms with Crippen LogP contribution in [0.4, 0.5) is 0 Å². The van der Waals surface area contributed by atoms with Crippen molar-refractivity contribution in [3.63, 3.8) is 0 Å². The largest absolute Gasteiger partial charge is 0.493 e. The second-order valence-corrected chi connectivity index (χ2v) is 4.35. The molecule has 0 aliphatic rings. The average molecular weight is 182 g/mol. The normalized spacial score (nSPS) is 12.1. The minimum Gasteiger partial charge on any atom is -0.493 e. The third-order valence-corrected chi connectivity index (χ3v) is 2.15. The van der Waals surface area contributed by atoms with Crippen molar-refractivity contribution in [2.45, 2.75) is 46.6 Å². The summed E-state index contributed by atoms with van der Waals surface area (Å²) in [6.07, 6.45) is 0. The molecule has 1 rings (SSSR count). The van der Waals surface area contributed by atoms with Crippen molar-refractivity contribution in [1.29, 1.82) is 0 Å². The van der Waals surface area contributed by atoms with E-state index < -0.39 is 0 Å². The third-order valence-electron chi connectivity index (χ3n) is 2.15. The maximum atomic E-state index is 9.85. The molecule has 0 radical (unpaired) electrons. The number of hydrogen-bond acceptors (Lipinski definition) is 2. The van der Waals surface area contributed by atoms with Crippen LogP contribution in [0.25, 0.3) is 0 Å². The van der Waals surface area contributed by atoms with Gasteiger partial charge in [0.2, 0.25) is 5.88 Å². The molecule has 0 saturated heterocycles. The third kappa shape index (κ3) is 1.69. The zero-order chi connectivity index (χ0) is 10.2. The predicted octanol–water partition coefficient (Wildman–Crippen LogP) is 2.21. The number of aromatic nitrogens is 2. The Morgan fingerprint density at radius 2 is 1.92 bits per heavy atom. The van der Waals surface area contributed by atoms with Crippen LogP contribution in [-0.2, 0) is 12.0 Å². The van der Waals surface area contributed by atoms with Gasteiger partial charge in [-0.2, -0.15) is 5.10 Å². The fourth-order valence-electron chi connectivity index (χ4n) is 1.67. The summed E-state index contributed by atoms with van der Waals surface area (Å²) in [5.74, 6) is 0.313. The Bertz CT molecular complexity index is 307. The number of nitrogens with zero attached hydrogens (tertiary/aromatic N) is 2. The van der Waals surface area contributed by atoms with Gasteiger partial charge < -0.3 is 5.11 Å². The van der Waals surface area contributed by atoms with Crippen LogP contribution in [0.5, 0.6) is 5.88 Å². The van der Waals surface area contributed by atoms with Gasteiger partial charge >= 0.3 is 0 Å². The highest BCUT2D eigenvalue weighted by atomic mass is 16.3. The van der Waals surface area contributed by atoms with Crippen LogP contribution in [-0.4, -0.2) is 14.9 Å². The van der Waals surface area contributed by atoms with Gasteiger partial charge in [-0.25, -0.2) is 4.68 Å². The van der Waals surface area contributed by atoms with Gasteiger partial charge in [-0.15, -0.1) is 0 Å². The Hall–Kier alpha value is -0.990. The van der Waals surface area contributed by atoms with E-state index in [1.165, 1.54) is 0 Å². The van der Waals surface area contributed by atoms with Crippen LogP contribution >= 0.6 is 0 Å². The molecule has 1 aromatic rings. The summed E-state index contributed by atoms with van der Waals surface area (Å²) in [7, 11) is 0. The Labute approximate surface area is 79.4 Å². The Morgan fingerprint density at radius 1 is 1.38 bits per heavy atom. The van der Waals surface area contributed by atoms with Crippen LogP contribution < -0.4 is 0 Å². The molecule has 0 aliphatic carbocycles. The highest BCUT2D eigenvalue weighted by Gasteiger charge is 2.24. The second kappa shape index (κ2) is 3.05. The molecule has 3 nitrogen and oxygen atoms in total. The molecular weight excluding hydrogens is 164 g/mol. The summed E-state index contributed by atoms with van der Waals surface area (Å²) in [6, 6.07) is 0. The number of aromatic hydroxyl groups is 1. The summed E-state index contributed by atoms with van der Waals surface area (Å²) in [5, 5.41) is 14.1.